The maximum atomic E-state index is 10.4. The number of halogens is 2. The molecule has 2 rings (SSSR count). The highest BCUT2D eigenvalue weighted by Crippen LogP contribution is 2.27. The molecule has 1 heterocycles. The first-order valence-corrected chi connectivity index (χ1v) is 8.26. The van der Waals surface area contributed by atoms with Crippen molar-refractivity contribution in [2.75, 3.05) is 11.7 Å². The third kappa shape index (κ3) is 4.22. The molecule has 0 atom stereocenters. The minimum Gasteiger partial charge on any atom is -0.483 e. The Labute approximate surface area is 136 Å². The maximum Gasteiger partial charge on any atom is 0.313 e. The van der Waals surface area contributed by atoms with Crippen LogP contribution in [-0.2, 0) is 4.79 Å². The molecule has 100 valence electrons. The van der Waals surface area contributed by atoms with Crippen molar-refractivity contribution in [2.24, 2.45) is 0 Å². The van der Waals surface area contributed by atoms with Gasteiger partial charge in [-0.2, -0.15) is 0 Å². The number of nitrogens with zero attached hydrogens (tertiary/aromatic N) is 1. The molecule has 0 radical (unpaired) electrons. The van der Waals surface area contributed by atoms with Gasteiger partial charge in [-0.25, -0.2) is 0 Å². The van der Waals surface area contributed by atoms with E-state index < -0.39 is 5.97 Å². The van der Waals surface area contributed by atoms with Crippen LogP contribution in [0.4, 0.5) is 0 Å². The number of aromatic nitrogens is 1. The van der Waals surface area contributed by atoms with Crippen LogP contribution in [0.5, 0.6) is 5.75 Å². The summed E-state index contributed by atoms with van der Waals surface area (Å²) in [6.07, 6.45) is 1.76. The normalized spacial score (nSPS) is 10.6. The lowest BCUT2D eigenvalue weighted by Crippen LogP contribution is -2.02. The highest BCUT2D eigenvalue weighted by molar-refractivity contribution is 14.1. The summed E-state index contributed by atoms with van der Waals surface area (Å²) < 4.78 is 7.45. The van der Waals surface area contributed by atoms with Gasteiger partial charge in [0, 0.05) is 19.6 Å². The van der Waals surface area contributed by atoms with Crippen molar-refractivity contribution in [2.45, 2.75) is 0 Å². The van der Waals surface area contributed by atoms with Gasteiger partial charge < -0.3 is 9.84 Å². The van der Waals surface area contributed by atoms with Gasteiger partial charge in [-0.15, -0.1) is 11.8 Å². The molecule has 0 aliphatic rings. The summed E-state index contributed by atoms with van der Waals surface area (Å²) in [5.74, 6) is 0.233. The highest BCUT2D eigenvalue weighted by atomic mass is 127. The van der Waals surface area contributed by atoms with Crippen LogP contribution in [0, 0.1) is 3.57 Å². The van der Waals surface area contributed by atoms with Gasteiger partial charge in [-0.3, -0.25) is 9.78 Å². The second-order valence-electron chi connectivity index (χ2n) is 3.63. The number of aliphatic carboxylic acids is 1. The topological polar surface area (TPSA) is 59.4 Å². The van der Waals surface area contributed by atoms with Crippen LogP contribution in [-0.4, -0.2) is 27.8 Å². The third-order valence-corrected chi connectivity index (χ3v) is 4.20. The Kier molecular flexibility index (Phi) is 5.28. The zero-order valence-corrected chi connectivity index (χ0v) is 14.2. The van der Waals surface area contributed by atoms with Gasteiger partial charge in [0.1, 0.15) is 11.7 Å². The van der Waals surface area contributed by atoms with Crippen molar-refractivity contribution in [1.82, 2.24) is 4.98 Å². The summed E-state index contributed by atoms with van der Waals surface area (Å²) in [6.45, 7) is 0. The number of pyridine rings is 1. The molecule has 19 heavy (non-hydrogen) atoms. The van der Waals surface area contributed by atoms with Crippen molar-refractivity contribution in [3.05, 3.63) is 32.4 Å². The minimum atomic E-state index is -0.838. The Morgan fingerprint density at radius 2 is 2.26 bits per heavy atom. The molecule has 7 heteroatoms. The van der Waals surface area contributed by atoms with Crippen LogP contribution >= 0.6 is 50.3 Å². The Morgan fingerprint density at radius 1 is 1.47 bits per heavy atom. The predicted octanol–water partition coefficient (Wildman–Crippen LogP) is 3.76. The predicted molar refractivity (Wildman–Crippen MR) is 87.7 cm³/mol. The zero-order chi connectivity index (χ0) is 13.8. The number of carbonyl (C=O) groups is 1. The number of carboxylic acid groups (broad SMARTS) is 1. The number of hydrogen-bond acceptors (Lipinski definition) is 4. The van der Waals surface area contributed by atoms with Crippen LogP contribution < -0.4 is 4.74 Å². The standard InChI is InChI=1S/C12H9BrINO3S/c13-8-1-7-2-9(18-6-19-5-11(16)17)3-10(14)12(7)15-4-8/h1-4H,5-6H2,(H,16,17). The fourth-order valence-corrected chi connectivity index (χ4v) is 3.06. The van der Waals surface area contributed by atoms with Gasteiger partial charge in [0.05, 0.1) is 11.3 Å². The molecule has 0 saturated carbocycles. The molecular weight excluding hydrogens is 445 g/mol. The molecule has 2 aromatic rings. The molecule has 0 bridgehead atoms. The number of hydrogen-bond donors (Lipinski definition) is 1. The van der Waals surface area contributed by atoms with Gasteiger partial charge in [-0.1, -0.05) is 0 Å². The summed E-state index contributed by atoms with van der Waals surface area (Å²) in [5.41, 5.74) is 0.925. The molecule has 1 N–H and O–H groups in total. The second-order valence-corrected chi connectivity index (χ2v) is 6.65. The van der Waals surface area contributed by atoms with E-state index in [4.69, 9.17) is 9.84 Å². The highest BCUT2D eigenvalue weighted by Gasteiger charge is 2.05. The molecule has 0 aliphatic heterocycles. The molecular formula is C12H9BrINO3S. The quantitative estimate of drug-likeness (QED) is 0.424. The lowest BCUT2D eigenvalue weighted by molar-refractivity contribution is -0.133. The molecule has 4 nitrogen and oxygen atoms in total. The van der Waals surface area contributed by atoms with E-state index in [1.807, 2.05) is 18.2 Å². The summed E-state index contributed by atoms with van der Waals surface area (Å²) >= 11 is 6.82. The summed E-state index contributed by atoms with van der Waals surface area (Å²) in [5, 5.41) is 9.52. The smallest absolute Gasteiger partial charge is 0.313 e. The van der Waals surface area contributed by atoms with Crippen LogP contribution in [0.3, 0.4) is 0 Å². The average Bonchev–Trinajstić information content (AvgIpc) is 2.34. The van der Waals surface area contributed by atoms with E-state index in [-0.39, 0.29) is 5.75 Å². The van der Waals surface area contributed by atoms with Crippen LogP contribution in [0.1, 0.15) is 0 Å². The first-order valence-electron chi connectivity index (χ1n) is 5.23. The number of ether oxygens (including phenoxy) is 1. The van der Waals surface area contributed by atoms with E-state index in [9.17, 15) is 4.79 Å². The van der Waals surface area contributed by atoms with Gasteiger partial charge in [0.25, 0.3) is 0 Å². The minimum absolute atomic E-state index is 0.0395. The van der Waals surface area contributed by atoms with Gasteiger partial charge >= 0.3 is 5.97 Å². The number of benzene rings is 1. The molecule has 0 spiro atoms. The number of carboxylic acids is 1. The SMILES string of the molecule is O=C(O)CSCOc1cc(I)c2ncc(Br)cc2c1. The van der Waals surface area contributed by atoms with Crippen molar-refractivity contribution in [3.63, 3.8) is 0 Å². The van der Waals surface area contributed by atoms with E-state index in [1.165, 1.54) is 11.8 Å². The van der Waals surface area contributed by atoms with E-state index in [0.717, 1.165) is 24.7 Å². The van der Waals surface area contributed by atoms with E-state index >= 15 is 0 Å². The van der Waals surface area contributed by atoms with Crippen molar-refractivity contribution >= 4 is 67.2 Å². The van der Waals surface area contributed by atoms with Crippen LogP contribution in [0.25, 0.3) is 10.9 Å². The molecule has 0 unspecified atom stereocenters. The molecule has 0 fully saturated rings. The summed E-state index contributed by atoms with van der Waals surface area (Å²) in [7, 11) is 0. The fourth-order valence-electron chi connectivity index (χ4n) is 1.47. The Morgan fingerprint density at radius 3 is 3.00 bits per heavy atom. The van der Waals surface area contributed by atoms with Crippen molar-refractivity contribution < 1.29 is 14.6 Å². The van der Waals surface area contributed by atoms with E-state index in [2.05, 4.69) is 43.5 Å². The van der Waals surface area contributed by atoms with Gasteiger partial charge in [0.15, 0.2) is 0 Å². The number of thioether (sulfide) groups is 1. The Balaban J connectivity index is 2.13. The monoisotopic (exact) mass is 453 g/mol. The largest absolute Gasteiger partial charge is 0.483 e. The first-order chi connectivity index (χ1) is 9.06. The first kappa shape index (κ1) is 14.9. The number of fused-ring (bicyclic) bond motifs is 1. The fraction of sp³-hybridized carbons (Fsp3) is 0.167. The van der Waals surface area contributed by atoms with E-state index in [0.29, 0.717) is 5.94 Å². The lowest BCUT2D eigenvalue weighted by atomic mass is 10.2. The van der Waals surface area contributed by atoms with Crippen molar-refractivity contribution in [3.8, 4) is 5.75 Å². The maximum absolute atomic E-state index is 10.4. The molecule has 0 aliphatic carbocycles. The molecule has 1 aromatic carbocycles. The van der Waals surface area contributed by atoms with Crippen LogP contribution in [0.15, 0.2) is 28.9 Å². The van der Waals surface area contributed by atoms with Gasteiger partial charge in [-0.05, 0) is 56.7 Å². The van der Waals surface area contributed by atoms with E-state index in [1.54, 1.807) is 6.20 Å². The molecule has 0 saturated heterocycles. The molecule has 1 aromatic heterocycles. The second kappa shape index (κ2) is 6.76. The summed E-state index contributed by atoms with van der Waals surface area (Å²) in [4.78, 5) is 14.7. The zero-order valence-electron chi connectivity index (χ0n) is 9.60. The third-order valence-electron chi connectivity index (χ3n) is 2.21. The lowest BCUT2D eigenvalue weighted by Gasteiger charge is -2.08. The number of rotatable bonds is 5. The van der Waals surface area contributed by atoms with Crippen LogP contribution in [0.2, 0.25) is 0 Å². The van der Waals surface area contributed by atoms with Crippen molar-refractivity contribution in [1.29, 1.82) is 0 Å². The molecule has 0 amide bonds. The summed E-state index contributed by atoms with van der Waals surface area (Å²) in [6, 6.07) is 5.77. The van der Waals surface area contributed by atoms with Gasteiger partial charge in [0.2, 0.25) is 0 Å². The Bertz CT molecular complexity index is 623. The average molecular weight is 454 g/mol. The Hall–Kier alpha value is -0.540.